The molecule has 1 atom stereocenters. The van der Waals surface area contributed by atoms with Crippen LogP contribution in [0.1, 0.15) is 12.5 Å². The number of thioether (sulfide) groups is 1. The van der Waals surface area contributed by atoms with E-state index in [4.69, 9.17) is 10.00 Å². The summed E-state index contributed by atoms with van der Waals surface area (Å²) < 4.78 is 5.81. The van der Waals surface area contributed by atoms with Crippen molar-refractivity contribution in [3.63, 3.8) is 0 Å². The molecule has 142 valence electrons. The fourth-order valence-corrected chi connectivity index (χ4v) is 4.15. The zero-order valence-corrected chi connectivity index (χ0v) is 16.8. The zero-order valence-electron chi connectivity index (χ0n) is 15.2. The Morgan fingerprint density at radius 2 is 1.96 bits per heavy atom. The first-order valence-electron chi connectivity index (χ1n) is 8.30. The van der Waals surface area contributed by atoms with Crippen molar-refractivity contribution in [3.05, 3.63) is 54.1 Å². The van der Waals surface area contributed by atoms with E-state index >= 15 is 0 Å². The predicted molar refractivity (Wildman–Crippen MR) is 111 cm³/mol. The molecule has 0 aliphatic carbocycles. The van der Waals surface area contributed by atoms with Crippen LogP contribution in [0.5, 0.6) is 5.75 Å². The summed E-state index contributed by atoms with van der Waals surface area (Å²) in [7, 11) is 1.62. The number of ether oxygens (including phenoxy) is 1. The van der Waals surface area contributed by atoms with Crippen molar-refractivity contribution in [3.8, 4) is 11.8 Å². The van der Waals surface area contributed by atoms with Crippen LogP contribution in [-0.4, -0.2) is 28.5 Å². The highest BCUT2D eigenvalue weighted by Crippen LogP contribution is 2.31. The Morgan fingerprint density at radius 1 is 1.21 bits per heavy atom. The number of carbonyl (C=O) groups excluding carboxylic acids is 1. The Hall–Kier alpha value is -3.09. The third-order valence-electron chi connectivity index (χ3n) is 3.70. The van der Waals surface area contributed by atoms with E-state index < -0.39 is 5.25 Å². The van der Waals surface area contributed by atoms with Crippen LogP contribution in [0.15, 0.2) is 52.9 Å². The molecule has 2 N–H and O–H groups in total. The molecule has 0 saturated heterocycles. The van der Waals surface area contributed by atoms with Gasteiger partial charge in [0.2, 0.25) is 11.0 Å². The van der Waals surface area contributed by atoms with Crippen molar-refractivity contribution in [2.75, 3.05) is 17.7 Å². The molecule has 0 aliphatic rings. The van der Waals surface area contributed by atoms with Gasteiger partial charge < -0.3 is 15.4 Å². The number of nitrogens with zero attached hydrogens (tertiary/aromatic N) is 3. The van der Waals surface area contributed by atoms with Crippen LogP contribution in [0.25, 0.3) is 0 Å². The molecule has 0 aliphatic heterocycles. The molecule has 0 fully saturated rings. The molecule has 0 bridgehead atoms. The van der Waals surface area contributed by atoms with Crippen molar-refractivity contribution in [1.29, 1.82) is 5.26 Å². The summed E-state index contributed by atoms with van der Waals surface area (Å²) in [6.07, 6.45) is 0. The van der Waals surface area contributed by atoms with Gasteiger partial charge in [-0.3, -0.25) is 4.79 Å². The highest BCUT2D eigenvalue weighted by molar-refractivity contribution is 8.02. The Labute approximate surface area is 170 Å². The van der Waals surface area contributed by atoms with Gasteiger partial charge in [0.1, 0.15) is 11.8 Å². The van der Waals surface area contributed by atoms with Crippen LogP contribution in [0, 0.1) is 11.3 Å². The zero-order chi connectivity index (χ0) is 19.9. The predicted octanol–water partition coefficient (Wildman–Crippen LogP) is 4.28. The van der Waals surface area contributed by atoms with Crippen molar-refractivity contribution in [2.45, 2.75) is 16.5 Å². The number of hydrogen-bond donors (Lipinski definition) is 2. The lowest BCUT2D eigenvalue weighted by Crippen LogP contribution is -2.22. The van der Waals surface area contributed by atoms with E-state index in [0.29, 0.717) is 20.7 Å². The highest BCUT2D eigenvalue weighted by Gasteiger charge is 2.18. The molecule has 0 saturated carbocycles. The minimum Gasteiger partial charge on any atom is -0.497 e. The van der Waals surface area contributed by atoms with E-state index in [2.05, 4.69) is 26.9 Å². The Morgan fingerprint density at radius 3 is 2.68 bits per heavy atom. The smallest absolute Gasteiger partial charge is 0.237 e. The molecule has 3 rings (SSSR count). The molecular weight excluding hydrogens is 394 g/mol. The monoisotopic (exact) mass is 411 g/mol. The van der Waals surface area contributed by atoms with Gasteiger partial charge in [0.15, 0.2) is 4.34 Å². The molecule has 0 spiro atoms. The van der Waals surface area contributed by atoms with Gasteiger partial charge in [-0.2, -0.15) is 5.26 Å². The number of carbonyl (C=O) groups is 1. The quantitative estimate of drug-likeness (QED) is 0.560. The van der Waals surface area contributed by atoms with Gasteiger partial charge >= 0.3 is 0 Å². The fourth-order valence-electron chi connectivity index (χ4n) is 2.23. The van der Waals surface area contributed by atoms with E-state index in [-0.39, 0.29) is 5.91 Å². The number of rotatable bonds is 7. The van der Waals surface area contributed by atoms with Gasteiger partial charge in [-0.15, -0.1) is 10.2 Å². The number of methoxy groups -OCH3 is 1. The summed E-state index contributed by atoms with van der Waals surface area (Å²) in [6.45, 7) is 1.78. The largest absolute Gasteiger partial charge is 0.497 e. The molecule has 7 nitrogen and oxygen atoms in total. The molecular formula is C19H17N5O2S2. The van der Waals surface area contributed by atoms with Gasteiger partial charge in [0.25, 0.3) is 0 Å². The summed E-state index contributed by atoms with van der Waals surface area (Å²) >= 11 is 2.68. The minimum atomic E-state index is -0.395. The second-order valence-electron chi connectivity index (χ2n) is 5.63. The van der Waals surface area contributed by atoms with E-state index in [9.17, 15) is 4.79 Å². The van der Waals surface area contributed by atoms with Gasteiger partial charge in [-0.25, -0.2) is 0 Å². The Kier molecular flexibility index (Phi) is 6.47. The second-order valence-corrected chi connectivity index (χ2v) is 8.20. The maximum atomic E-state index is 12.4. The van der Waals surface area contributed by atoms with E-state index in [1.165, 1.54) is 23.1 Å². The molecule has 1 amide bonds. The van der Waals surface area contributed by atoms with Crippen molar-refractivity contribution in [1.82, 2.24) is 10.2 Å². The first-order chi connectivity index (χ1) is 13.6. The number of aromatic nitrogens is 2. The topological polar surface area (TPSA) is 99.9 Å². The third kappa shape index (κ3) is 5.00. The summed E-state index contributed by atoms with van der Waals surface area (Å²) in [5.41, 5.74) is 1.80. The molecule has 1 heterocycles. The lowest BCUT2D eigenvalue weighted by Gasteiger charge is -2.11. The van der Waals surface area contributed by atoms with Crippen molar-refractivity contribution in [2.24, 2.45) is 0 Å². The third-order valence-corrected chi connectivity index (χ3v) is 5.72. The number of anilines is 3. The maximum absolute atomic E-state index is 12.4. The number of benzene rings is 2. The van der Waals surface area contributed by atoms with Crippen LogP contribution in [0.2, 0.25) is 0 Å². The van der Waals surface area contributed by atoms with Crippen LogP contribution >= 0.6 is 23.1 Å². The van der Waals surface area contributed by atoms with Crippen LogP contribution in [0.4, 0.5) is 16.5 Å². The van der Waals surface area contributed by atoms with Crippen LogP contribution in [-0.2, 0) is 4.79 Å². The van der Waals surface area contributed by atoms with Crippen LogP contribution in [0.3, 0.4) is 0 Å². The molecule has 28 heavy (non-hydrogen) atoms. The van der Waals surface area contributed by atoms with Gasteiger partial charge in [0.05, 0.1) is 23.6 Å². The van der Waals surface area contributed by atoms with Gasteiger partial charge in [-0.05, 0) is 43.3 Å². The summed E-state index contributed by atoms with van der Waals surface area (Å²) in [5, 5.41) is 23.5. The van der Waals surface area contributed by atoms with E-state index in [1.807, 2.05) is 24.3 Å². The Balaban J connectivity index is 1.59. The summed E-state index contributed by atoms with van der Waals surface area (Å²) in [5.74, 6) is 0.574. The van der Waals surface area contributed by atoms with Gasteiger partial charge in [0, 0.05) is 5.69 Å². The molecule has 1 aromatic heterocycles. The maximum Gasteiger partial charge on any atom is 0.237 e. The second kappa shape index (κ2) is 9.21. The average Bonchev–Trinajstić information content (AvgIpc) is 3.15. The number of amides is 1. The number of nitriles is 1. The lowest BCUT2D eigenvalue weighted by atomic mass is 10.2. The standard InChI is InChI=1S/C19H17N5O2S2/c1-12(17(25)22-16-6-4-3-5-13(16)11-20)27-19-24-23-18(28-19)21-14-7-9-15(26-2)10-8-14/h3-10,12H,1-2H3,(H,21,23)(H,22,25)/t12-/m1/s1. The normalized spacial score (nSPS) is 11.3. The number of hydrogen-bond acceptors (Lipinski definition) is 8. The first kappa shape index (κ1) is 19.7. The highest BCUT2D eigenvalue weighted by atomic mass is 32.2. The van der Waals surface area contributed by atoms with E-state index in [0.717, 1.165) is 11.4 Å². The van der Waals surface area contributed by atoms with Crippen LogP contribution < -0.4 is 15.4 Å². The molecule has 2 aromatic carbocycles. The van der Waals surface area contributed by atoms with Gasteiger partial charge in [-0.1, -0.05) is 35.2 Å². The molecule has 0 radical (unpaired) electrons. The van der Waals surface area contributed by atoms with Crippen molar-refractivity contribution >= 4 is 45.5 Å². The first-order valence-corrected chi connectivity index (χ1v) is 10.00. The SMILES string of the molecule is COc1ccc(Nc2nnc(S[C@H](C)C(=O)Nc3ccccc3C#N)s2)cc1. The Bertz CT molecular complexity index is 998. The average molecular weight is 412 g/mol. The summed E-state index contributed by atoms with van der Waals surface area (Å²) in [6, 6.07) is 16.4. The number of nitrogens with one attached hydrogen (secondary N) is 2. The lowest BCUT2D eigenvalue weighted by molar-refractivity contribution is -0.115. The van der Waals surface area contributed by atoms with Crippen molar-refractivity contribution < 1.29 is 9.53 Å². The molecule has 3 aromatic rings. The molecule has 9 heteroatoms. The van der Waals surface area contributed by atoms with E-state index in [1.54, 1.807) is 38.3 Å². The number of para-hydroxylation sites is 1. The molecule has 0 unspecified atom stereocenters. The fraction of sp³-hybridized carbons (Fsp3) is 0.158. The minimum absolute atomic E-state index is 0.201. The summed E-state index contributed by atoms with van der Waals surface area (Å²) in [4.78, 5) is 12.4.